The van der Waals surface area contributed by atoms with Crippen LogP contribution in [0.15, 0.2) is 11.6 Å². The van der Waals surface area contributed by atoms with Gasteiger partial charge in [-0.15, -0.1) is 0 Å². The topological polar surface area (TPSA) is 57.5 Å². The van der Waals surface area contributed by atoms with Crippen molar-refractivity contribution in [1.29, 1.82) is 0 Å². The second-order valence-corrected chi connectivity index (χ2v) is 3.74. The first-order chi connectivity index (χ1) is 5.66. The Morgan fingerprint density at radius 3 is 2.42 bits per heavy atom. The molecule has 2 bridgehead atoms. The maximum absolute atomic E-state index is 10.4. The smallest absolute Gasteiger partial charge is 0.328 e. The van der Waals surface area contributed by atoms with E-state index in [0.29, 0.717) is 11.8 Å². The van der Waals surface area contributed by atoms with Gasteiger partial charge < -0.3 is 10.2 Å². The highest BCUT2D eigenvalue weighted by atomic mass is 16.4. The van der Waals surface area contributed by atoms with Crippen molar-refractivity contribution in [1.82, 2.24) is 0 Å². The molecular weight excluding hydrogens is 156 g/mol. The molecule has 0 aromatic heterocycles. The lowest BCUT2D eigenvalue weighted by molar-refractivity contribution is -0.131. The number of hydrogen-bond acceptors (Lipinski definition) is 2. The number of aliphatic hydroxyl groups excluding tert-OH is 1. The Kier molecular flexibility index (Phi) is 1.68. The van der Waals surface area contributed by atoms with Crippen molar-refractivity contribution in [3.8, 4) is 0 Å². The fraction of sp³-hybridized carbons (Fsp3) is 0.667. The van der Waals surface area contributed by atoms with E-state index >= 15 is 0 Å². The van der Waals surface area contributed by atoms with Gasteiger partial charge in [0.1, 0.15) is 0 Å². The zero-order chi connectivity index (χ0) is 8.72. The van der Waals surface area contributed by atoms with E-state index in [1.807, 2.05) is 0 Å². The van der Waals surface area contributed by atoms with Crippen molar-refractivity contribution in [2.45, 2.75) is 25.4 Å². The second kappa shape index (κ2) is 2.59. The molecule has 0 saturated heterocycles. The number of hydrogen-bond donors (Lipinski definition) is 2. The second-order valence-electron chi connectivity index (χ2n) is 3.74. The van der Waals surface area contributed by atoms with E-state index in [1.165, 1.54) is 6.08 Å². The molecule has 3 nitrogen and oxygen atoms in total. The van der Waals surface area contributed by atoms with Crippen LogP contribution in [0.25, 0.3) is 0 Å². The van der Waals surface area contributed by atoms with Crippen LogP contribution in [0, 0.1) is 11.8 Å². The maximum atomic E-state index is 10.4. The summed E-state index contributed by atoms with van der Waals surface area (Å²) in [4.78, 5) is 10.4. The molecule has 3 rings (SSSR count). The Morgan fingerprint density at radius 1 is 1.33 bits per heavy atom. The predicted octanol–water partition coefficient (Wildman–Crippen LogP) is 0.788. The summed E-state index contributed by atoms with van der Waals surface area (Å²) >= 11 is 0. The van der Waals surface area contributed by atoms with Gasteiger partial charge in [0.25, 0.3) is 0 Å². The summed E-state index contributed by atoms with van der Waals surface area (Å²) < 4.78 is 0. The Balaban J connectivity index is 2.09. The van der Waals surface area contributed by atoms with E-state index < -0.39 is 5.97 Å². The lowest BCUT2D eigenvalue weighted by Gasteiger charge is -2.46. The molecule has 3 heteroatoms. The molecule has 0 amide bonds. The van der Waals surface area contributed by atoms with Gasteiger partial charge in [0.15, 0.2) is 0 Å². The van der Waals surface area contributed by atoms with Gasteiger partial charge in [-0.1, -0.05) is 5.57 Å². The van der Waals surface area contributed by atoms with Crippen LogP contribution < -0.4 is 0 Å². The van der Waals surface area contributed by atoms with Gasteiger partial charge >= 0.3 is 5.97 Å². The van der Waals surface area contributed by atoms with Crippen LogP contribution in [-0.4, -0.2) is 22.3 Å². The quantitative estimate of drug-likeness (QED) is 0.569. The molecule has 0 radical (unpaired) electrons. The van der Waals surface area contributed by atoms with Crippen LogP contribution in [-0.2, 0) is 4.79 Å². The third-order valence-corrected chi connectivity index (χ3v) is 2.92. The first-order valence-corrected chi connectivity index (χ1v) is 4.29. The summed E-state index contributed by atoms with van der Waals surface area (Å²) in [6.45, 7) is 0. The lowest BCUT2D eigenvalue weighted by atomic mass is 9.60. The molecule has 3 saturated carbocycles. The van der Waals surface area contributed by atoms with E-state index in [4.69, 9.17) is 5.11 Å². The number of rotatable bonds is 1. The third-order valence-electron chi connectivity index (χ3n) is 2.92. The minimum atomic E-state index is -0.851. The number of aliphatic carboxylic acids is 1. The average Bonchev–Trinajstić information content (AvgIpc) is 2.00. The first kappa shape index (κ1) is 7.80. The lowest BCUT2D eigenvalue weighted by Crippen LogP contribution is -2.39. The zero-order valence-electron chi connectivity index (χ0n) is 6.73. The molecule has 12 heavy (non-hydrogen) atoms. The van der Waals surface area contributed by atoms with Crippen LogP contribution in [0.4, 0.5) is 0 Å². The van der Waals surface area contributed by atoms with Gasteiger partial charge in [-0.2, -0.15) is 0 Å². The Labute approximate surface area is 70.7 Å². The van der Waals surface area contributed by atoms with Crippen molar-refractivity contribution in [2.24, 2.45) is 11.8 Å². The number of carboxylic acid groups (broad SMARTS) is 1. The van der Waals surface area contributed by atoms with Gasteiger partial charge in [-0.05, 0) is 31.1 Å². The number of carbonyl (C=O) groups is 1. The van der Waals surface area contributed by atoms with Crippen molar-refractivity contribution < 1.29 is 15.0 Å². The molecule has 3 aliphatic rings. The maximum Gasteiger partial charge on any atom is 0.328 e. The molecule has 0 heterocycles. The molecule has 0 spiro atoms. The van der Waals surface area contributed by atoms with E-state index in [2.05, 4.69) is 0 Å². The third kappa shape index (κ3) is 1.14. The van der Waals surface area contributed by atoms with Crippen molar-refractivity contribution in [3.63, 3.8) is 0 Å². The average molecular weight is 168 g/mol. The van der Waals surface area contributed by atoms with E-state index in [9.17, 15) is 9.90 Å². The van der Waals surface area contributed by atoms with Crippen LogP contribution >= 0.6 is 0 Å². The SMILES string of the molecule is O=C(O)C=C1C2CC(O)CC1C2. The highest BCUT2D eigenvalue weighted by Crippen LogP contribution is 2.50. The number of aliphatic hydroxyl groups is 1. The van der Waals surface area contributed by atoms with Gasteiger partial charge in [0, 0.05) is 6.08 Å². The Bertz CT molecular complexity index is 230. The fourth-order valence-electron chi connectivity index (χ4n) is 2.38. The van der Waals surface area contributed by atoms with Crippen molar-refractivity contribution in [3.05, 3.63) is 11.6 Å². The molecule has 0 aliphatic heterocycles. The van der Waals surface area contributed by atoms with E-state index in [1.54, 1.807) is 0 Å². The van der Waals surface area contributed by atoms with Crippen molar-refractivity contribution >= 4 is 5.97 Å². The molecule has 3 aliphatic carbocycles. The summed E-state index contributed by atoms with van der Waals surface area (Å²) in [6.07, 6.45) is 3.73. The highest BCUT2D eigenvalue weighted by molar-refractivity contribution is 5.81. The summed E-state index contributed by atoms with van der Waals surface area (Å²) in [6, 6.07) is 0. The summed E-state index contributed by atoms with van der Waals surface area (Å²) in [5.74, 6) is -0.138. The first-order valence-electron chi connectivity index (χ1n) is 4.29. The molecule has 0 aromatic rings. The number of allylic oxidation sites excluding steroid dienone is 1. The zero-order valence-corrected chi connectivity index (χ0v) is 6.73. The molecule has 2 unspecified atom stereocenters. The minimum Gasteiger partial charge on any atom is -0.478 e. The normalized spacial score (nSPS) is 38.8. The standard InChI is InChI=1S/C9H12O3/c10-7-2-5-1-6(3-7)8(5)4-9(11)12/h4-7,10H,1-3H2,(H,11,12). The van der Waals surface area contributed by atoms with E-state index in [0.717, 1.165) is 24.8 Å². The Morgan fingerprint density at radius 2 is 1.92 bits per heavy atom. The number of fused-ring (bicyclic) bond motifs is 2. The van der Waals surface area contributed by atoms with Crippen LogP contribution in [0.3, 0.4) is 0 Å². The highest BCUT2D eigenvalue weighted by Gasteiger charge is 2.42. The molecule has 2 atom stereocenters. The predicted molar refractivity (Wildman–Crippen MR) is 42.6 cm³/mol. The van der Waals surface area contributed by atoms with Gasteiger partial charge in [0.05, 0.1) is 6.10 Å². The van der Waals surface area contributed by atoms with E-state index in [-0.39, 0.29) is 6.10 Å². The minimum absolute atomic E-state index is 0.195. The summed E-state index contributed by atoms with van der Waals surface area (Å²) in [5.41, 5.74) is 1.05. The molecular formula is C9H12O3. The van der Waals surface area contributed by atoms with Gasteiger partial charge in [-0.25, -0.2) is 4.79 Å². The molecule has 2 N–H and O–H groups in total. The largest absolute Gasteiger partial charge is 0.478 e. The van der Waals surface area contributed by atoms with Crippen molar-refractivity contribution in [2.75, 3.05) is 0 Å². The monoisotopic (exact) mass is 168 g/mol. The van der Waals surface area contributed by atoms with Gasteiger partial charge in [0.2, 0.25) is 0 Å². The molecule has 0 aromatic carbocycles. The number of carboxylic acids is 1. The van der Waals surface area contributed by atoms with Gasteiger partial charge in [-0.3, -0.25) is 0 Å². The summed E-state index contributed by atoms with van der Waals surface area (Å²) in [7, 11) is 0. The van der Waals surface area contributed by atoms with Crippen LogP contribution in [0.1, 0.15) is 19.3 Å². The Hall–Kier alpha value is -0.830. The van der Waals surface area contributed by atoms with Crippen LogP contribution in [0.2, 0.25) is 0 Å². The molecule has 66 valence electrons. The summed E-state index contributed by atoms with van der Waals surface area (Å²) in [5, 5.41) is 17.8. The molecule has 3 fully saturated rings. The van der Waals surface area contributed by atoms with Crippen LogP contribution in [0.5, 0.6) is 0 Å². The fourth-order valence-corrected chi connectivity index (χ4v) is 2.38.